The average molecular weight is 457 g/mol. The van der Waals surface area contributed by atoms with Crippen molar-refractivity contribution in [3.8, 4) is 0 Å². The maximum atomic E-state index is 10.6. The number of nitrogens with one attached hydrogen (secondary N) is 1. The van der Waals surface area contributed by atoms with Gasteiger partial charge in [-0.25, -0.2) is 0 Å². The van der Waals surface area contributed by atoms with Gasteiger partial charge in [-0.15, -0.1) is 0 Å². The van der Waals surface area contributed by atoms with Gasteiger partial charge in [0.2, 0.25) is 0 Å². The van der Waals surface area contributed by atoms with Crippen LogP contribution in [0.3, 0.4) is 0 Å². The van der Waals surface area contributed by atoms with Crippen LogP contribution in [-0.2, 0) is 18.9 Å². The summed E-state index contributed by atoms with van der Waals surface area (Å²) in [6, 6.07) is -0.640. The maximum absolute atomic E-state index is 10.6. The van der Waals surface area contributed by atoms with Crippen LogP contribution >= 0.6 is 0 Å². The van der Waals surface area contributed by atoms with E-state index in [4.69, 9.17) is 18.9 Å². The Morgan fingerprint density at radius 1 is 0.645 bits per heavy atom. The monoisotopic (exact) mass is 457 g/mol. The first kappa shape index (κ1) is 25.1. The molecule has 0 saturated carbocycles. The quantitative estimate of drug-likeness (QED) is 0.171. The molecule has 1 unspecified atom stereocenters. The summed E-state index contributed by atoms with van der Waals surface area (Å²) in [6.07, 6.45) is -17.6. The van der Waals surface area contributed by atoms with E-state index in [1.807, 2.05) is 0 Å². The molecule has 0 aromatic rings. The molecule has 0 radical (unpaired) electrons. The first-order valence-electron chi connectivity index (χ1n) is 9.99. The highest BCUT2D eigenvalue weighted by Crippen LogP contribution is 2.30. The standard InChI is InChI=1S/C17H31NO13/c19-2-5-14(6(22)1-18-5)30-17-13(27)11(25)15(8(4-21)29-17)31-16-12(26)10(24)9(23)7(3-20)28-16/h5-27H,1-4H2/t5-,6-,7-,8-,9-,10?,11-,12-,13-,14-,15-,16+,17-/m1/s1. The summed E-state index contributed by atoms with van der Waals surface area (Å²) in [5.41, 5.74) is 0. The van der Waals surface area contributed by atoms with Crippen LogP contribution in [0.4, 0.5) is 0 Å². The molecule has 0 spiro atoms. The minimum Gasteiger partial charge on any atom is -0.395 e. The summed E-state index contributed by atoms with van der Waals surface area (Å²) in [6.45, 7) is -1.63. The lowest BCUT2D eigenvalue weighted by Crippen LogP contribution is -2.65. The highest BCUT2D eigenvalue weighted by atomic mass is 16.7. The van der Waals surface area contributed by atoms with Gasteiger partial charge in [0.05, 0.1) is 32.0 Å². The summed E-state index contributed by atoms with van der Waals surface area (Å²) in [4.78, 5) is 0. The summed E-state index contributed by atoms with van der Waals surface area (Å²) < 4.78 is 21.7. The van der Waals surface area contributed by atoms with Gasteiger partial charge in [0.25, 0.3) is 0 Å². The van der Waals surface area contributed by atoms with E-state index in [0.717, 1.165) is 0 Å². The van der Waals surface area contributed by atoms with Gasteiger partial charge in [-0.3, -0.25) is 0 Å². The Bertz CT molecular complexity index is 568. The van der Waals surface area contributed by atoms with Crippen LogP contribution < -0.4 is 5.32 Å². The van der Waals surface area contributed by atoms with Crippen LogP contribution in [0, 0.1) is 0 Å². The Kier molecular flexibility index (Phi) is 8.56. The van der Waals surface area contributed by atoms with E-state index in [-0.39, 0.29) is 13.2 Å². The summed E-state index contributed by atoms with van der Waals surface area (Å²) in [7, 11) is 0. The highest BCUT2D eigenvalue weighted by molar-refractivity contribution is 4.96. The molecule has 0 aromatic carbocycles. The molecule has 3 fully saturated rings. The third kappa shape index (κ3) is 5.02. The molecule has 14 heteroatoms. The number of ether oxygens (including phenoxy) is 4. The highest BCUT2D eigenvalue weighted by Gasteiger charge is 2.52. The van der Waals surface area contributed by atoms with Crippen molar-refractivity contribution in [3.63, 3.8) is 0 Å². The number of hydrogen-bond donors (Lipinski definition) is 10. The Morgan fingerprint density at radius 2 is 1.19 bits per heavy atom. The summed E-state index contributed by atoms with van der Waals surface area (Å²) in [5.74, 6) is 0. The van der Waals surface area contributed by atoms with Crippen LogP contribution in [0.15, 0.2) is 0 Å². The van der Waals surface area contributed by atoms with Gasteiger partial charge in [-0.05, 0) is 0 Å². The van der Waals surface area contributed by atoms with Crippen molar-refractivity contribution < 1.29 is 64.9 Å². The first-order valence-corrected chi connectivity index (χ1v) is 9.99. The minimum atomic E-state index is -1.76. The minimum absolute atomic E-state index is 0.132. The molecular formula is C17H31NO13. The predicted molar refractivity (Wildman–Crippen MR) is 96.2 cm³/mol. The third-order valence-electron chi connectivity index (χ3n) is 5.81. The Balaban J connectivity index is 1.69. The number of hydrogen-bond acceptors (Lipinski definition) is 14. The van der Waals surface area contributed by atoms with E-state index in [2.05, 4.69) is 5.32 Å². The molecule has 3 aliphatic heterocycles. The molecule has 0 aromatic heterocycles. The molecule has 14 nitrogen and oxygen atoms in total. The second kappa shape index (κ2) is 10.6. The molecule has 3 saturated heterocycles. The molecule has 3 rings (SSSR count). The van der Waals surface area contributed by atoms with E-state index in [1.54, 1.807) is 0 Å². The molecule has 182 valence electrons. The number of aliphatic hydroxyl groups is 9. The van der Waals surface area contributed by atoms with E-state index in [1.165, 1.54) is 0 Å². The van der Waals surface area contributed by atoms with Crippen molar-refractivity contribution in [2.45, 2.75) is 79.7 Å². The van der Waals surface area contributed by atoms with Gasteiger partial charge in [0.1, 0.15) is 54.9 Å². The fraction of sp³-hybridized carbons (Fsp3) is 1.00. The molecule has 0 bridgehead atoms. The fourth-order valence-corrected chi connectivity index (χ4v) is 3.95. The van der Waals surface area contributed by atoms with E-state index < -0.39 is 92.9 Å². The zero-order chi connectivity index (χ0) is 22.9. The van der Waals surface area contributed by atoms with Crippen LogP contribution in [0.25, 0.3) is 0 Å². The van der Waals surface area contributed by atoms with E-state index in [9.17, 15) is 46.0 Å². The van der Waals surface area contributed by atoms with Crippen molar-refractivity contribution in [2.75, 3.05) is 26.4 Å². The van der Waals surface area contributed by atoms with Gasteiger partial charge in [-0.1, -0.05) is 0 Å². The number of β-amino-alcohol motifs (C(OH)–C–C–N with tert-alkyl or cyclic N) is 1. The van der Waals surface area contributed by atoms with Crippen molar-refractivity contribution in [3.05, 3.63) is 0 Å². The van der Waals surface area contributed by atoms with Crippen molar-refractivity contribution in [1.82, 2.24) is 5.32 Å². The molecule has 3 heterocycles. The molecule has 0 aliphatic carbocycles. The smallest absolute Gasteiger partial charge is 0.187 e. The van der Waals surface area contributed by atoms with Gasteiger partial charge in [-0.2, -0.15) is 0 Å². The topological polar surface area (TPSA) is 231 Å². The third-order valence-corrected chi connectivity index (χ3v) is 5.81. The Labute approximate surface area is 177 Å². The van der Waals surface area contributed by atoms with Gasteiger partial charge < -0.3 is 70.2 Å². The first-order chi connectivity index (χ1) is 14.7. The van der Waals surface area contributed by atoms with Crippen LogP contribution in [0.2, 0.25) is 0 Å². The van der Waals surface area contributed by atoms with Crippen LogP contribution in [0.1, 0.15) is 0 Å². The summed E-state index contributed by atoms with van der Waals surface area (Å²) in [5, 5.41) is 92.0. The zero-order valence-corrected chi connectivity index (χ0v) is 16.5. The lowest BCUT2D eigenvalue weighted by atomic mass is 9.97. The molecule has 0 amide bonds. The Morgan fingerprint density at radius 3 is 1.77 bits per heavy atom. The van der Waals surface area contributed by atoms with Gasteiger partial charge >= 0.3 is 0 Å². The fourth-order valence-electron chi connectivity index (χ4n) is 3.95. The van der Waals surface area contributed by atoms with Crippen molar-refractivity contribution >= 4 is 0 Å². The molecule has 10 N–H and O–H groups in total. The molecule has 31 heavy (non-hydrogen) atoms. The van der Waals surface area contributed by atoms with Crippen molar-refractivity contribution in [2.24, 2.45) is 0 Å². The lowest BCUT2D eigenvalue weighted by molar-refractivity contribution is -0.364. The summed E-state index contributed by atoms with van der Waals surface area (Å²) >= 11 is 0. The number of aliphatic hydroxyl groups excluding tert-OH is 9. The van der Waals surface area contributed by atoms with Crippen LogP contribution in [-0.4, -0.2) is 152 Å². The van der Waals surface area contributed by atoms with Crippen molar-refractivity contribution in [1.29, 1.82) is 0 Å². The molecule has 3 aliphatic rings. The zero-order valence-electron chi connectivity index (χ0n) is 16.5. The lowest BCUT2D eigenvalue weighted by Gasteiger charge is -2.46. The largest absolute Gasteiger partial charge is 0.395 e. The molecule has 13 atom stereocenters. The second-order valence-corrected chi connectivity index (χ2v) is 7.87. The average Bonchev–Trinajstić information content (AvgIpc) is 3.12. The van der Waals surface area contributed by atoms with E-state index in [0.29, 0.717) is 0 Å². The van der Waals surface area contributed by atoms with E-state index >= 15 is 0 Å². The predicted octanol–water partition coefficient (Wildman–Crippen LogP) is -6.68. The Hall–Kier alpha value is -0.560. The normalized spacial score (nSPS) is 51.2. The van der Waals surface area contributed by atoms with Gasteiger partial charge in [0.15, 0.2) is 12.6 Å². The van der Waals surface area contributed by atoms with Gasteiger partial charge in [0, 0.05) is 6.54 Å². The SMILES string of the molecule is OC[C@H]1NC[C@@H](O)[C@@H]1O[C@H]1O[C@H](CO)[C@@H](O[C@@H]2O[C@H](CO)[C@@H](O)C(O)[C@H]2O)[C@H](O)[C@H]1O. The molecular weight excluding hydrogens is 426 g/mol. The van der Waals surface area contributed by atoms with Crippen LogP contribution in [0.5, 0.6) is 0 Å². The number of rotatable bonds is 7. The second-order valence-electron chi connectivity index (χ2n) is 7.87. The maximum Gasteiger partial charge on any atom is 0.187 e.